The number of nitrogen functional groups attached to an aromatic ring is 1. The predicted molar refractivity (Wildman–Crippen MR) is 159 cm³/mol. The Kier molecular flexibility index (Phi) is 5.26. The maximum atomic E-state index is 13.5. The summed E-state index contributed by atoms with van der Waals surface area (Å²) in [7, 11) is 0. The summed E-state index contributed by atoms with van der Waals surface area (Å²) in [5.74, 6) is 1.71. The molecule has 0 radical (unpaired) electrons. The molecule has 0 aliphatic heterocycles. The summed E-state index contributed by atoms with van der Waals surface area (Å²) in [6, 6.07) is 17.4. The van der Waals surface area contributed by atoms with Crippen LogP contribution in [-0.2, 0) is 6.42 Å². The molecule has 1 aliphatic rings. The highest BCUT2D eigenvalue weighted by atomic mass is 16.1. The van der Waals surface area contributed by atoms with Crippen LogP contribution in [0.25, 0.3) is 45.0 Å². The van der Waals surface area contributed by atoms with E-state index in [4.69, 9.17) is 15.7 Å². The Morgan fingerprint density at radius 3 is 2.74 bits per heavy atom. The quantitative estimate of drug-likeness (QED) is 0.343. The zero-order chi connectivity index (χ0) is 28.4. The van der Waals surface area contributed by atoms with Gasteiger partial charge in [-0.3, -0.25) is 18.9 Å². The summed E-state index contributed by atoms with van der Waals surface area (Å²) in [4.78, 5) is 36.5. The van der Waals surface area contributed by atoms with Crippen LogP contribution in [0.5, 0.6) is 0 Å². The van der Waals surface area contributed by atoms with Crippen LogP contribution < -0.4 is 11.3 Å². The van der Waals surface area contributed by atoms with Gasteiger partial charge in [0.15, 0.2) is 17.3 Å². The summed E-state index contributed by atoms with van der Waals surface area (Å²) in [6.45, 7) is 1.88. The van der Waals surface area contributed by atoms with Crippen molar-refractivity contribution in [2.75, 3.05) is 5.73 Å². The average molecular weight is 553 g/mol. The van der Waals surface area contributed by atoms with E-state index in [9.17, 15) is 4.79 Å². The Morgan fingerprint density at radius 2 is 1.88 bits per heavy atom. The van der Waals surface area contributed by atoms with Gasteiger partial charge in [-0.2, -0.15) is 5.10 Å². The number of hydrogen-bond acceptors (Lipinski definition) is 8. The van der Waals surface area contributed by atoms with Crippen molar-refractivity contribution in [3.8, 4) is 22.9 Å². The van der Waals surface area contributed by atoms with E-state index in [1.54, 1.807) is 40.2 Å². The van der Waals surface area contributed by atoms with E-state index in [1.165, 1.54) is 0 Å². The molecule has 42 heavy (non-hydrogen) atoms. The van der Waals surface area contributed by atoms with E-state index >= 15 is 0 Å². The summed E-state index contributed by atoms with van der Waals surface area (Å²) in [5.41, 5.74) is 12.9. The molecule has 0 amide bonds. The first-order chi connectivity index (χ1) is 20.5. The molecule has 6 aromatic heterocycles. The number of rotatable bonds is 4. The maximum Gasteiger partial charge on any atom is 0.261 e. The lowest BCUT2D eigenvalue weighted by Gasteiger charge is -2.17. The first-order valence-corrected chi connectivity index (χ1v) is 13.6. The summed E-state index contributed by atoms with van der Waals surface area (Å²) in [6.07, 6.45) is 10.1. The van der Waals surface area contributed by atoms with E-state index in [2.05, 4.69) is 32.2 Å². The van der Waals surface area contributed by atoms with Crippen molar-refractivity contribution in [3.05, 3.63) is 113 Å². The van der Waals surface area contributed by atoms with Gasteiger partial charge < -0.3 is 5.73 Å². The molecule has 7 aromatic rings. The molecule has 8 rings (SSSR count). The smallest absolute Gasteiger partial charge is 0.261 e. The fourth-order valence-corrected chi connectivity index (χ4v) is 5.89. The molecule has 0 unspecified atom stereocenters. The topological polar surface area (TPSA) is 135 Å². The Balaban J connectivity index is 1.29. The van der Waals surface area contributed by atoms with Crippen molar-refractivity contribution in [2.45, 2.75) is 25.8 Å². The van der Waals surface area contributed by atoms with Gasteiger partial charge in [0.1, 0.15) is 11.3 Å². The number of hydrogen-bond donors (Lipinski definition) is 1. The van der Waals surface area contributed by atoms with Crippen molar-refractivity contribution in [3.63, 3.8) is 0 Å². The number of aryl methyl sites for hydroxylation is 2. The molecule has 0 bridgehead atoms. The molecule has 0 fully saturated rings. The van der Waals surface area contributed by atoms with E-state index < -0.39 is 0 Å². The summed E-state index contributed by atoms with van der Waals surface area (Å²) >= 11 is 0. The Bertz CT molecular complexity index is 2210. The number of anilines is 1. The van der Waals surface area contributed by atoms with Crippen molar-refractivity contribution < 1.29 is 0 Å². The van der Waals surface area contributed by atoms with Crippen LogP contribution in [0.1, 0.15) is 29.3 Å². The van der Waals surface area contributed by atoms with Crippen molar-refractivity contribution in [1.29, 1.82) is 0 Å². The molecule has 204 valence electrons. The van der Waals surface area contributed by atoms with Crippen LogP contribution in [0.15, 0.2) is 90.5 Å². The van der Waals surface area contributed by atoms with Gasteiger partial charge in [-0.1, -0.05) is 6.07 Å². The third-order valence-electron chi connectivity index (χ3n) is 7.88. The van der Waals surface area contributed by atoms with E-state index in [0.717, 1.165) is 40.9 Å². The molecular formula is C31H24N10O. The monoisotopic (exact) mass is 552 g/mol. The number of benzene rings is 1. The maximum absolute atomic E-state index is 13.5. The molecule has 2 N–H and O–H groups in total. The number of aromatic nitrogens is 9. The highest BCUT2D eigenvalue weighted by Gasteiger charge is 2.27. The highest BCUT2D eigenvalue weighted by Crippen LogP contribution is 2.37. The van der Waals surface area contributed by atoms with Gasteiger partial charge in [0.25, 0.3) is 5.56 Å². The summed E-state index contributed by atoms with van der Waals surface area (Å²) < 4.78 is 5.48. The third-order valence-corrected chi connectivity index (χ3v) is 7.88. The number of nitrogens with two attached hydrogens (primary N) is 1. The number of fused-ring (bicyclic) bond motifs is 3. The van der Waals surface area contributed by atoms with Crippen LogP contribution >= 0.6 is 0 Å². The molecular weight excluding hydrogens is 528 g/mol. The molecule has 0 saturated heterocycles. The Morgan fingerprint density at radius 1 is 0.952 bits per heavy atom. The van der Waals surface area contributed by atoms with Gasteiger partial charge in [-0.05, 0) is 79.4 Å². The lowest BCUT2D eigenvalue weighted by molar-refractivity contribution is 0.557. The molecule has 1 aliphatic carbocycles. The minimum atomic E-state index is -0.107. The van der Waals surface area contributed by atoms with Crippen molar-refractivity contribution in [2.24, 2.45) is 0 Å². The average Bonchev–Trinajstić information content (AvgIpc) is 3.76. The second-order valence-electron chi connectivity index (χ2n) is 10.4. The fraction of sp³-hybridized carbons (Fsp3) is 0.129. The van der Waals surface area contributed by atoms with Crippen molar-refractivity contribution in [1.82, 2.24) is 43.8 Å². The van der Waals surface area contributed by atoms with Gasteiger partial charge >= 0.3 is 0 Å². The number of pyridine rings is 3. The second-order valence-corrected chi connectivity index (χ2v) is 10.4. The van der Waals surface area contributed by atoms with Crippen LogP contribution in [0, 0.1) is 6.92 Å². The second kappa shape index (κ2) is 9.16. The fourth-order valence-electron chi connectivity index (χ4n) is 5.89. The van der Waals surface area contributed by atoms with Gasteiger partial charge in [0, 0.05) is 30.0 Å². The molecule has 1 aromatic carbocycles. The first kappa shape index (κ1) is 24.1. The SMILES string of the molecule is Cc1cc2c(=O)n([C@H]3CCc4cc(-n5c(-c6cccnc6N)nc6ccc(-n7cccn7)nc65)ccc43)cnc2cn1. The van der Waals surface area contributed by atoms with E-state index in [1.807, 2.05) is 54.1 Å². The largest absolute Gasteiger partial charge is 0.383 e. The zero-order valence-corrected chi connectivity index (χ0v) is 22.6. The predicted octanol–water partition coefficient (Wildman–Crippen LogP) is 4.20. The summed E-state index contributed by atoms with van der Waals surface area (Å²) in [5, 5.41) is 4.93. The highest BCUT2D eigenvalue weighted by molar-refractivity contribution is 5.83. The lowest BCUT2D eigenvalue weighted by atomic mass is 10.1. The third kappa shape index (κ3) is 3.70. The molecule has 1 atom stereocenters. The zero-order valence-electron chi connectivity index (χ0n) is 22.6. The lowest BCUT2D eigenvalue weighted by Crippen LogP contribution is -2.25. The van der Waals surface area contributed by atoms with Crippen molar-refractivity contribution >= 4 is 27.9 Å². The van der Waals surface area contributed by atoms with E-state index in [-0.39, 0.29) is 11.6 Å². The van der Waals surface area contributed by atoms with Crippen LogP contribution in [0.3, 0.4) is 0 Å². The minimum Gasteiger partial charge on any atom is -0.383 e. The first-order valence-electron chi connectivity index (χ1n) is 13.6. The minimum absolute atomic E-state index is 0.0577. The molecule has 11 heteroatoms. The van der Waals surface area contributed by atoms with Gasteiger partial charge in [-0.25, -0.2) is 24.6 Å². The van der Waals surface area contributed by atoms with Crippen LogP contribution in [-0.4, -0.2) is 43.8 Å². The normalized spacial score (nSPS) is 14.5. The standard InChI is InChI=1S/C31H24N10O/c1-18-14-23-25(16-34-18)35-17-39(31(23)42)26-9-5-19-15-20(6-7-21(19)26)41-29(22-4-2-11-33-28(22)32)37-24-8-10-27(38-30(24)41)40-13-3-12-36-40/h2-4,6-8,10-17,26H,5,9H2,1H3,(H2,32,33)/t26-/m0/s1. The molecule has 0 saturated carbocycles. The molecule has 6 heterocycles. The van der Waals surface area contributed by atoms with Crippen LogP contribution in [0.4, 0.5) is 5.82 Å². The van der Waals surface area contributed by atoms with Gasteiger partial charge in [0.2, 0.25) is 0 Å². The van der Waals surface area contributed by atoms with Gasteiger partial charge in [0.05, 0.1) is 35.0 Å². The van der Waals surface area contributed by atoms with Gasteiger partial charge in [-0.15, -0.1) is 0 Å². The molecule has 0 spiro atoms. The Hall–Kier alpha value is -5.71. The number of nitrogens with zero attached hydrogens (tertiary/aromatic N) is 9. The van der Waals surface area contributed by atoms with Crippen LogP contribution in [0.2, 0.25) is 0 Å². The Labute approximate surface area is 239 Å². The molecule has 11 nitrogen and oxygen atoms in total. The number of imidazole rings is 1. The van der Waals surface area contributed by atoms with E-state index in [0.29, 0.717) is 39.6 Å².